The van der Waals surface area contributed by atoms with Gasteiger partial charge in [-0.2, -0.15) is 0 Å². The summed E-state index contributed by atoms with van der Waals surface area (Å²) in [6, 6.07) is -0.728. The molecule has 0 fully saturated rings. The predicted octanol–water partition coefficient (Wildman–Crippen LogP) is 1.86. The molecule has 1 atom stereocenters. The minimum absolute atomic E-state index is 0.0960. The molecule has 0 rings (SSSR count). The zero-order valence-corrected chi connectivity index (χ0v) is 14.3. The van der Waals surface area contributed by atoms with Gasteiger partial charge in [0.15, 0.2) is 0 Å². The highest BCUT2D eigenvalue weighted by Crippen LogP contribution is 2.11. The van der Waals surface area contributed by atoms with Crippen LogP contribution in [0.2, 0.25) is 0 Å². The lowest BCUT2D eigenvalue weighted by Crippen LogP contribution is -2.49. The minimum atomic E-state index is -0.972. The molecule has 0 aromatic carbocycles. The molecule has 0 aliphatic rings. The summed E-state index contributed by atoms with van der Waals surface area (Å²) >= 11 is 0. The average molecular weight is 316 g/mol. The number of likely N-dealkylation sites (N-methyl/N-ethyl adjacent to an activating group) is 1. The van der Waals surface area contributed by atoms with Gasteiger partial charge in [-0.05, 0) is 33.1 Å². The Labute approximate surface area is 132 Å². The lowest BCUT2D eigenvalue weighted by molar-refractivity contribution is -0.138. The van der Waals surface area contributed by atoms with Crippen LogP contribution in [-0.2, 0) is 14.3 Å². The van der Waals surface area contributed by atoms with Crippen molar-refractivity contribution in [3.63, 3.8) is 0 Å². The number of alkyl carbamates (subject to hydrolysis) is 1. The second-order valence-corrected chi connectivity index (χ2v) is 6.73. The summed E-state index contributed by atoms with van der Waals surface area (Å²) in [4.78, 5) is 36.1. The number of nitrogens with one attached hydrogen (secondary N) is 1. The largest absolute Gasteiger partial charge is 0.481 e. The van der Waals surface area contributed by atoms with E-state index in [0.29, 0.717) is 6.42 Å². The Morgan fingerprint density at radius 1 is 1.23 bits per heavy atom. The summed E-state index contributed by atoms with van der Waals surface area (Å²) in [5, 5.41) is 11.2. The standard InChI is InChI=1S/C15H28N2O5/c1-10(2)9-11(16-14(21)22-15(3,4)5)13(20)17(6)8-7-12(18)19/h10-11H,7-9H2,1-6H3,(H,16,21)(H,18,19)/t11-/m0/s1. The number of aliphatic carboxylic acids is 1. The predicted molar refractivity (Wildman–Crippen MR) is 82.5 cm³/mol. The third kappa shape index (κ3) is 9.20. The van der Waals surface area contributed by atoms with E-state index in [4.69, 9.17) is 9.84 Å². The number of carboxylic acid groups (broad SMARTS) is 1. The van der Waals surface area contributed by atoms with Gasteiger partial charge in [0.1, 0.15) is 11.6 Å². The van der Waals surface area contributed by atoms with Crippen LogP contribution in [0.25, 0.3) is 0 Å². The Kier molecular flexibility index (Phi) is 7.90. The van der Waals surface area contributed by atoms with E-state index in [2.05, 4.69) is 5.32 Å². The molecule has 22 heavy (non-hydrogen) atoms. The first-order valence-corrected chi connectivity index (χ1v) is 7.38. The van der Waals surface area contributed by atoms with Crippen LogP contribution in [0.5, 0.6) is 0 Å². The van der Waals surface area contributed by atoms with Gasteiger partial charge in [0.25, 0.3) is 0 Å². The second kappa shape index (κ2) is 8.60. The highest BCUT2D eigenvalue weighted by molar-refractivity contribution is 5.85. The number of carbonyl (C=O) groups excluding carboxylic acids is 2. The minimum Gasteiger partial charge on any atom is -0.481 e. The number of hydrogen-bond donors (Lipinski definition) is 2. The molecule has 2 amide bonds. The van der Waals surface area contributed by atoms with E-state index in [9.17, 15) is 14.4 Å². The summed E-state index contributed by atoms with van der Waals surface area (Å²) in [5.74, 6) is -1.10. The molecule has 128 valence electrons. The summed E-state index contributed by atoms with van der Waals surface area (Å²) < 4.78 is 5.16. The van der Waals surface area contributed by atoms with Crippen molar-refractivity contribution in [3.05, 3.63) is 0 Å². The fraction of sp³-hybridized carbons (Fsp3) is 0.800. The molecule has 0 saturated carbocycles. The maximum Gasteiger partial charge on any atom is 0.408 e. The Hall–Kier alpha value is -1.79. The van der Waals surface area contributed by atoms with E-state index in [1.807, 2.05) is 13.8 Å². The molecule has 0 aliphatic carbocycles. The van der Waals surface area contributed by atoms with Crippen molar-refractivity contribution in [1.29, 1.82) is 0 Å². The number of ether oxygens (including phenoxy) is 1. The van der Waals surface area contributed by atoms with Gasteiger partial charge in [-0.15, -0.1) is 0 Å². The van der Waals surface area contributed by atoms with Gasteiger partial charge >= 0.3 is 12.1 Å². The number of carboxylic acids is 1. The zero-order valence-electron chi connectivity index (χ0n) is 14.3. The third-order valence-electron chi connectivity index (χ3n) is 2.73. The molecular formula is C15H28N2O5. The molecule has 0 aliphatic heterocycles. The van der Waals surface area contributed by atoms with Crippen LogP contribution in [-0.4, -0.2) is 53.2 Å². The lowest BCUT2D eigenvalue weighted by atomic mass is 10.0. The first-order chi connectivity index (χ1) is 9.92. The van der Waals surface area contributed by atoms with Crippen LogP contribution < -0.4 is 5.32 Å². The van der Waals surface area contributed by atoms with Crippen LogP contribution in [0.15, 0.2) is 0 Å². The van der Waals surface area contributed by atoms with Gasteiger partial charge < -0.3 is 20.1 Å². The van der Waals surface area contributed by atoms with Crippen molar-refractivity contribution >= 4 is 18.0 Å². The maximum absolute atomic E-state index is 12.4. The SMILES string of the molecule is CC(C)C[C@H](NC(=O)OC(C)(C)C)C(=O)N(C)CCC(=O)O. The first-order valence-electron chi connectivity index (χ1n) is 7.38. The van der Waals surface area contributed by atoms with Gasteiger partial charge in [0.2, 0.25) is 5.91 Å². The summed E-state index contributed by atoms with van der Waals surface area (Å²) in [5.41, 5.74) is -0.648. The normalized spacial score (nSPS) is 12.7. The Morgan fingerprint density at radius 2 is 1.77 bits per heavy atom. The smallest absolute Gasteiger partial charge is 0.408 e. The summed E-state index contributed by atoms with van der Waals surface area (Å²) in [7, 11) is 1.52. The van der Waals surface area contributed by atoms with Crippen LogP contribution in [0.3, 0.4) is 0 Å². The van der Waals surface area contributed by atoms with E-state index in [1.165, 1.54) is 11.9 Å². The summed E-state index contributed by atoms with van der Waals surface area (Å²) in [6.45, 7) is 9.20. The topological polar surface area (TPSA) is 95.9 Å². The third-order valence-corrected chi connectivity index (χ3v) is 2.73. The van der Waals surface area contributed by atoms with Crippen molar-refractivity contribution in [2.45, 2.75) is 59.1 Å². The van der Waals surface area contributed by atoms with Gasteiger partial charge in [-0.3, -0.25) is 9.59 Å². The lowest BCUT2D eigenvalue weighted by Gasteiger charge is -2.27. The molecule has 0 spiro atoms. The molecule has 0 aromatic rings. The molecule has 7 heteroatoms. The highest BCUT2D eigenvalue weighted by atomic mass is 16.6. The van der Waals surface area contributed by atoms with E-state index >= 15 is 0 Å². The Balaban J connectivity index is 4.78. The Morgan fingerprint density at radius 3 is 2.18 bits per heavy atom. The van der Waals surface area contributed by atoms with E-state index in [1.54, 1.807) is 20.8 Å². The average Bonchev–Trinajstić information content (AvgIpc) is 2.31. The molecule has 0 bridgehead atoms. The van der Waals surface area contributed by atoms with E-state index in [0.717, 1.165) is 0 Å². The fourth-order valence-corrected chi connectivity index (χ4v) is 1.78. The maximum atomic E-state index is 12.4. The number of carbonyl (C=O) groups is 3. The molecular weight excluding hydrogens is 288 g/mol. The van der Waals surface area contributed by atoms with Crippen molar-refractivity contribution in [1.82, 2.24) is 10.2 Å². The second-order valence-electron chi connectivity index (χ2n) is 6.73. The molecule has 0 radical (unpaired) electrons. The van der Waals surface area contributed by atoms with Crippen LogP contribution >= 0.6 is 0 Å². The summed E-state index contributed by atoms with van der Waals surface area (Å²) in [6.07, 6.45) is -0.336. The molecule has 2 N–H and O–H groups in total. The molecule has 7 nitrogen and oxygen atoms in total. The molecule has 0 heterocycles. The molecule has 0 unspecified atom stereocenters. The molecule has 0 aromatic heterocycles. The number of hydrogen-bond acceptors (Lipinski definition) is 4. The highest BCUT2D eigenvalue weighted by Gasteiger charge is 2.27. The molecule has 0 saturated heterocycles. The Bertz CT molecular complexity index is 401. The van der Waals surface area contributed by atoms with Crippen molar-refractivity contribution in [3.8, 4) is 0 Å². The first kappa shape index (κ1) is 20.2. The fourth-order valence-electron chi connectivity index (χ4n) is 1.78. The van der Waals surface area contributed by atoms with Crippen molar-refractivity contribution in [2.24, 2.45) is 5.92 Å². The monoisotopic (exact) mass is 316 g/mol. The zero-order chi connectivity index (χ0) is 17.5. The van der Waals surface area contributed by atoms with Gasteiger partial charge in [0.05, 0.1) is 6.42 Å². The number of nitrogens with zero attached hydrogens (tertiary/aromatic N) is 1. The van der Waals surface area contributed by atoms with Crippen LogP contribution in [0.1, 0.15) is 47.5 Å². The van der Waals surface area contributed by atoms with Crippen molar-refractivity contribution < 1.29 is 24.2 Å². The van der Waals surface area contributed by atoms with Crippen molar-refractivity contribution in [2.75, 3.05) is 13.6 Å². The van der Waals surface area contributed by atoms with E-state index < -0.39 is 23.7 Å². The van der Waals surface area contributed by atoms with Crippen LogP contribution in [0, 0.1) is 5.92 Å². The van der Waals surface area contributed by atoms with Gasteiger partial charge in [-0.1, -0.05) is 13.8 Å². The van der Waals surface area contributed by atoms with Gasteiger partial charge in [-0.25, -0.2) is 4.79 Å². The van der Waals surface area contributed by atoms with Crippen LogP contribution in [0.4, 0.5) is 4.79 Å². The number of amides is 2. The quantitative estimate of drug-likeness (QED) is 0.747. The van der Waals surface area contributed by atoms with E-state index in [-0.39, 0.29) is 24.8 Å². The number of rotatable bonds is 7. The van der Waals surface area contributed by atoms with Gasteiger partial charge in [0, 0.05) is 13.6 Å².